The van der Waals surface area contributed by atoms with Crippen LogP contribution in [0.5, 0.6) is 0 Å². The van der Waals surface area contributed by atoms with Gasteiger partial charge in [-0.15, -0.1) is 18.0 Å². The number of terminal acetylenes is 1. The zero-order valence-electron chi connectivity index (χ0n) is 10.3. The minimum Gasteiger partial charge on any atom is -0.364 e. The molecule has 1 saturated carbocycles. The number of halogens is 1. The van der Waals surface area contributed by atoms with E-state index in [0.717, 1.165) is 19.3 Å². The summed E-state index contributed by atoms with van der Waals surface area (Å²) in [5.41, 5.74) is 0. The van der Waals surface area contributed by atoms with Crippen LogP contribution >= 0.6 is 11.6 Å². The first kappa shape index (κ1) is 14.1. The van der Waals surface area contributed by atoms with Crippen LogP contribution in [-0.4, -0.2) is 49.2 Å². The predicted octanol–water partition coefficient (Wildman–Crippen LogP) is 1.44. The molecule has 0 bridgehead atoms. The second-order valence-electron chi connectivity index (χ2n) is 4.42. The molecule has 0 aliphatic heterocycles. The summed E-state index contributed by atoms with van der Waals surface area (Å²) in [6.45, 7) is 0.294. The molecule has 4 nitrogen and oxygen atoms in total. The van der Waals surface area contributed by atoms with Gasteiger partial charge >= 0.3 is 6.03 Å². The number of hydrogen-bond acceptors (Lipinski definition) is 2. The number of nitrogens with one attached hydrogen (secondary N) is 1. The van der Waals surface area contributed by atoms with Gasteiger partial charge in [0.1, 0.15) is 6.61 Å². The largest absolute Gasteiger partial charge is 0.364 e. The molecule has 17 heavy (non-hydrogen) atoms. The molecule has 0 spiro atoms. The van der Waals surface area contributed by atoms with Gasteiger partial charge in [-0.1, -0.05) is 5.92 Å². The Morgan fingerprint density at radius 3 is 2.82 bits per heavy atom. The number of amides is 2. The molecule has 1 N–H and O–H groups in total. The van der Waals surface area contributed by atoms with E-state index in [1.54, 1.807) is 14.1 Å². The Hall–Kier alpha value is -0.920. The molecule has 1 aliphatic rings. The Kier molecular flexibility index (Phi) is 5.60. The first-order valence-electron chi connectivity index (χ1n) is 5.71. The molecule has 2 amide bonds. The van der Waals surface area contributed by atoms with Crippen LogP contribution in [0.3, 0.4) is 0 Å². The van der Waals surface area contributed by atoms with Crippen molar-refractivity contribution in [2.24, 2.45) is 0 Å². The lowest BCUT2D eigenvalue weighted by atomic mass is 9.92. The lowest BCUT2D eigenvalue weighted by Crippen LogP contribution is -2.47. The summed E-state index contributed by atoms with van der Waals surface area (Å²) in [4.78, 5) is 13.0. The minimum absolute atomic E-state index is 0.000208. The van der Waals surface area contributed by atoms with E-state index < -0.39 is 0 Å². The summed E-state index contributed by atoms with van der Waals surface area (Å²) in [6.07, 6.45) is 7.56. The molecule has 1 aliphatic carbocycles. The van der Waals surface area contributed by atoms with Gasteiger partial charge in [-0.2, -0.15) is 0 Å². The lowest BCUT2D eigenvalue weighted by Gasteiger charge is -2.33. The van der Waals surface area contributed by atoms with Crippen molar-refractivity contribution in [2.75, 3.05) is 20.7 Å². The van der Waals surface area contributed by atoms with Gasteiger partial charge in [0.15, 0.2) is 0 Å². The zero-order valence-corrected chi connectivity index (χ0v) is 11.0. The molecule has 5 heteroatoms. The number of nitrogens with zero attached hydrogens (tertiary/aromatic N) is 1. The standard InChI is InChI=1S/C12H19ClN2O2/c1-4-7-17-11-6-5-9(8-10(11)13)14-12(16)15(2)3/h1,9-11H,5-8H2,2-3H3,(H,14,16). The Balaban J connectivity index is 2.36. The monoisotopic (exact) mass is 258 g/mol. The smallest absolute Gasteiger partial charge is 0.317 e. The summed E-state index contributed by atoms with van der Waals surface area (Å²) in [5, 5.41) is 2.84. The summed E-state index contributed by atoms with van der Waals surface area (Å²) in [5.74, 6) is 2.44. The number of carbonyl (C=O) groups excluding carboxylic acids is 1. The van der Waals surface area contributed by atoms with E-state index in [0.29, 0.717) is 6.61 Å². The van der Waals surface area contributed by atoms with Gasteiger partial charge < -0.3 is 15.0 Å². The number of alkyl halides is 1. The first-order valence-corrected chi connectivity index (χ1v) is 6.15. The van der Waals surface area contributed by atoms with E-state index in [1.165, 1.54) is 4.90 Å². The highest BCUT2D eigenvalue weighted by Gasteiger charge is 2.30. The SMILES string of the molecule is C#CCOC1CCC(NC(=O)N(C)C)CC1Cl. The van der Waals surface area contributed by atoms with Crippen LogP contribution in [-0.2, 0) is 4.74 Å². The van der Waals surface area contributed by atoms with Gasteiger partial charge in [-0.3, -0.25) is 0 Å². The van der Waals surface area contributed by atoms with Gasteiger partial charge in [-0.05, 0) is 19.3 Å². The van der Waals surface area contributed by atoms with E-state index >= 15 is 0 Å². The molecule has 3 unspecified atom stereocenters. The Bertz CT molecular complexity index is 301. The third-order valence-corrected chi connectivity index (χ3v) is 3.29. The zero-order chi connectivity index (χ0) is 12.8. The normalized spacial score (nSPS) is 28.2. The maximum absolute atomic E-state index is 11.5. The van der Waals surface area contributed by atoms with Crippen molar-refractivity contribution in [3.63, 3.8) is 0 Å². The van der Waals surface area contributed by atoms with Crippen LogP contribution in [0.25, 0.3) is 0 Å². The van der Waals surface area contributed by atoms with Crippen LogP contribution in [0, 0.1) is 12.3 Å². The maximum Gasteiger partial charge on any atom is 0.317 e. The van der Waals surface area contributed by atoms with Gasteiger partial charge in [0, 0.05) is 20.1 Å². The van der Waals surface area contributed by atoms with Crippen molar-refractivity contribution in [3.05, 3.63) is 0 Å². The third-order valence-electron chi connectivity index (χ3n) is 2.83. The lowest BCUT2D eigenvalue weighted by molar-refractivity contribution is 0.0465. The molecule has 0 aromatic heterocycles. The van der Waals surface area contributed by atoms with Crippen LogP contribution in [0.2, 0.25) is 0 Å². The topological polar surface area (TPSA) is 41.6 Å². The number of urea groups is 1. The first-order chi connectivity index (χ1) is 8.04. The van der Waals surface area contributed by atoms with Crippen molar-refractivity contribution in [2.45, 2.75) is 36.8 Å². The molecular formula is C12H19ClN2O2. The second-order valence-corrected chi connectivity index (χ2v) is 4.98. The molecule has 1 rings (SSSR count). The number of carbonyl (C=O) groups is 1. The quantitative estimate of drug-likeness (QED) is 0.615. The van der Waals surface area contributed by atoms with E-state index in [2.05, 4.69) is 11.2 Å². The van der Waals surface area contributed by atoms with E-state index in [1.807, 2.05) is 0 Å². The molecule has 96 valence electrons. The Morgan fingerprint density at radius 2 is 2.29 bits per heavy atom. The molecule has 0 aromatic rings. The molecule has 0 radical (unpaired) electrons. The Morgan fingerprint density at radius 1 is 1.59 bits per heavy atom. The minimum atomic E-state index is -0.0930. The molecule has 0 aromatic carbocycles. The van der Waals surface area contributed by atoms with Gasteiger partial charge in [-0.25, -0.2) is 4.79 Å². The van der Waals surface area contributed by atoms with Crippen molar-refractivity contribution in [1.82, 2.24) is 10.2 Å². The van der Waals surface area contributed by atoms with Crippen LogP contribution in [0.1, 0.15) is 19.3 Å². The highest BCUT2D eigenvalue weighted by molar-refractivity contribution is 6.21. The van der Waals surface area contributed by atoms with E-state index in [9.17, 15) is 4.79 Å². The van der Waals surface area contributed by atoms with Crippen LogP contribution < -0.4 is 5.32 Å². The predicted molar refractivity (Wildman–Crippen MR) is 68.1 cm³/mol. The summed E-state index contributed by atoms with van der Waals surface area (Å²) in [6, 6.07) is 0.0416. The van der Waals surface area contributed by atoms with Gasteiger partial charge in [0.05, 0.1) is 11.5 Å². The molecule has 0 heterocycles. The number of rotatable bonds is 3. The average Bonchev–Trinajstić information content (AvgIpc) is 2.28. The fraction of sp³-hybridized carbons (Fsp3) is 0.750. The van der Waals surface area contributed by atoms with Gasteiger partial charge in [0.2, 0.25) is 0 Å². The highest BCUT2D eigenvalue weighted by Crippen LogP contribution is 2.26. The fourth-order valence-electron chi connectivity index (χ4n) is 1.87. The highest BCUT2D eigenvalue weighted by atomic mass is 35.5. The van der Waals surface area contributed by atoms with Crippen LogP contribution in [0.15, 0.2) is 0 Å². The van der Waals surface area contributed by atoms with Crippen molar-refractivity contribution in [1.29, 1.82) is 0 Å². The second kappa shape index (κ2) is 6.73. The Labute approximate surface area is 108 Å². The fourth-order valence-corrected chi connectivity index (χ4v) is 2.28. The van der Waals surface area contributed by atoms with E-state index in [4.69, 9.17) is 22.8 Å². The van der Waals surface area contributed by atoms with Crippen LogP contribution in [0.4, 0.5) is 4.79 Å². The molecule has 0 saturated heterocycles. The summed E-state index contributed by atoms with van der Waals surface area (Å²) in [7, 11) is 3.43. The van der Waals surface area contributed by atoms with Crippen molar-refractivity contribution >= 4 is 17.6 Å². The van der Waals surface area contributed by atoms with Gasteiger partial charge in [0.25, 0.3) is 0 Å². The number of ether oxygens (including phenoxy) is 1. The average molecular weight is 259 g/mol. The molecule has 1 fully saturated rings. The summed E-state index contributed by atoms with van der Waals surface area (Å²) >= 11 is 6.22. The van der Waals surface area contributed by atoms with E-state index in [-0.39, 0.29) is 23.6 Å². The molecular weight excluding hydrogens is 240 g/mol. The molecule has 3 atom stereocenters. The van der Waals surface area contributed by atoms with Crippen molar-refractivity contribution < 1.29 is 9.53 Å². The third kappa shape index (κ3) is 4.45. The summed E-state index contributed by atoms with van der Waals surface area (Å²) < 4.78 is 5.45. The number of hydrogen-bond donors (Lipinski definition) is 1. The van der Waals surface area contributed by atoms with Crippen molar-refractivity contribution in [3.8, 4) is 12.3 Å². The maximum atomic E-state index is 11.5.